The maximum absolute atomic E-state index is 6.23. The maximum atomic E-state index is 6.23. The average molecular weight is 281 g/mol. The van der Waals surface area contributed by atoms with Crippen LogP contribution in [0.5, 0.6) is 0 Å². The van der Waals surface area contributed by atoms with Gasteiger partial charge in [0.2, 0.25) is 0 Å². The molecule has 3 heteroatoms. The number of aryl methyl sites for hydroxylation is 1. The van der Waals surface area contributed by atoms with E-state index in [2.05, 4.69) is 36.3 Å². The van der Waals surface area contributed by atoms with Crippen molar-refractivity contribution in [3.8, 4) is 0 Å². The lowest BCUT2D eigenvalue weighted by Crippen LogP contribution is -2.31. The molecule has 0 bridgehead atoms. The van der Waals surface area contributed by atoms with Gasteiger partial charge in [0, 0.05) is 11.6 Å². The first kappa shape index (κ1) is 14.8. The summed E-state index contributed by atoms with van der Waals surface area (Å²) in [5.74, 6) is 0.900. The zero-order valence-electron chi connectivity index (χ0n) is 12.1. The molecule has 1 heterocycles. The zero-order chi connectivity index (χ0) is 13.7. The Kier molecular flexibility index (Phi) is 5.68. The standard InChI is InChI=1S/C16H25ClN2/c1-13-3-4-15(16(17)11-13)12-18-8-5-14-6-9-19(2)10-7-14/h3-4,11,14,18H,5-10,12H2,1-2H3. The molecule has 0 saturated carbocycles. The minimum Gasteiger partial charge on any atom is -0.313 e. The summed E-state index contributed by atoms with van der Waals surface area (Å²) < 4.78 is 0. The number of hydrogen-bond acceptors (Lipinski definition) is 2. The molecule has 0 spiro atoms. The van der Waals surface area contributed by atoms with Crippen LogP contribution in [-0.2, 0) is 6.54 Å². The Labute approximate surface area is 122 Å². The van der Waals surface area contributed by atoms with Crippen molar-refractivity contribution in [2.75, 3.05) is 26.7 Å². The van der Waals surface area contributed by atoms with Crippen LogP contribution < -0.4 is 5.32 Å². The van der Waals surface area contributed by atoms with Gasteiger partial charge in [0.15, 0.2) is 0 Å². The summed E-state index contributed by atoms with van der Waals surface area (Å²) in [5, 5.41) is 4.40. The molecule has 0 radical (unpaired) electrons. The first-order valence-electron chi connectivity index (χ1n) is 7.29. The third-order valence-electron chi connectivity index (χ3n) is 4.09. The van der Waals surface area contributed by atoms with Crippen molar-refractivity contribution in [2.24, 2.45) is 5.92 Å². The van der Waals surface area contributed by atoms with Gasteiger partial charge in [-0.2, -0.15) is 0 Å². The zero-order valence-corrected chi connectivity index (χ0v) is 12.8. The van der Waals surface area contributed by atoms with Crippen LogP contribution in [0.4, 0.5) is 0 Å². The van der Waals surface area contributed by atoms with E-state index >= 15 is 0 Å². The van der Waals surface area contributed by atoms with Crippen molar-refractivity contribution in [1.29, 1.82) is 0 Å². The van der Waals surface area contributed by atoms with Gasteiger partial charge in [-0.05, 0) is 76.0 Å². The van der Waals surface area contributed by atoms with Gasteiger partial charge in [-0.3, -0.25) is 0 Å². The molecule has 0 atom stereocenters. The summed E-state index contributed by atoms with van der Waals surface area (Å²) >= 11 is 6.23. The normalized spacial score (nSPS) is 17.8. The first-order chi connectivity index (χ1) is 9.15. The van der Waals surface area contributed by atoms with Gasteiger partial charge in [0.25, 0.3) is 0 Å². The van der Waals surface area contributed by atoms with Crippen LogP contribution >= 0.6 is 11.6 Å². The second-order valence-corrected chi connectivity index (χ2v) is 6.21. The predicted molar refractivity (Wildman–Crippen MR) is 82.7 cm³/mol. The summed E-state index contributed by atoms with van der Waals surface area (Å²) in [5.41, 5.74) is 2.43. The Balaban J connectivity index is 1.66. The third-order valence-corrected chi connectivity index (χ3v) is 4.44. The number of likely N-dealkylation sites (tertiary alicyclic amines) is 1. The van der Waals surface area contributed by atoms with Crippen molar-refractivity contribution < 1.29 is 0 Å². The van der Waals surface area contributed by atoms with Gasteiger partial charge in [-0.1, -0.05) is 23.7 Å². The summed E-state index contributed by atoms with van der Waals surface area (Å²) in [6.45, 7) is 6.57. The molecule has 106 valence electrons. The molecule has 1 aliphatic heterocycles. The summed E-state index contributed by atoms with van der Waals surface area (Å²) in [4.78, 5) is 2.43. The highest BCUT2D eigenvalue weighted by molar-refractivity contribution is 6.31. The second kappa shape index (κ2) is 7.28. The van der Waals surface area contributed by atoms with E-state index in [1.54, 1.807) is 0 Å². The third kappa shape index (κ3) is 4.79. The van der Waals surface area contributed by atoms with E-state index in [4.69, 9.17) is 11.6 Å². The van der Waals surface area contributed by atoms with Crippen LogP contribution in [0.25, 0.3) is 0 Å². The number of nitrogens with zero attached hydrogens (tertiary/aromatic N) is 1. The van der Waals surface area contributed by atoms with Gasteiger partial charge >= 0.3 is 0 Å². The molecule has 2 nitrogen and oxygen atoms in total. The Morgan fingerprint density at radius 3 is 2.74 bits per heavy atom. The molecule has 1 aromatic carbocycles. The number of nitrogens with one attached hydrogen (secondary N) is 1. The van der Waals surface area contributed by atoms with E-state index < -0.39 is 0 Å². The molecule has 0 amide bonds. The Morgan fingerprint density at radius 1 is 1.32 bits per heavy atom. The van der Waals surface area contributed by atoms with Gasteiger partial charge < -0.3 is 10.2 Å². The SMILES string of the molecule is Cc1ccc(CNCCC2CCN(C)CC2)c(Cl)c1. The summed E-state index contributed by atoms with van der Waals surface area (Å²) in [7, 11) is 2.22. The molecular formula is C16H25ClN2. The Hall–Kier alpha value is -0.570. The number of benzene rings is 1. The second-order valence-electron chi connectivity index (χ2n) is 5.81. The highest BCUT2D eigenvalue weighted by Crippen LogP contribution is 2.19. The van der Waals surface area contributed by atoms with Crippen molar-refractivity contribution in [3.05, 3.63) is 34.3 Å². The monoisotopic (exact) mass is 280 g/mol. The lowest BCUT2D eigenvalue weighted by Gasteiger charge is -2.28. The van der Waals surface area contributed by atoms with E-state index in [-0.39, 0.29) is 0 Å². The van der Waals surface area contributed by atoms with Gasteiger partial charge in [0.1, 0.15) is 0 Å². The van der Waals surface area contributed by atoms with E-state index in [0.717, 1.165) is 24.0 Å². The topological polar surface area (TPSA) is 15.3 Å². The molecule has 1 fully saturated rings. The molecule has 0 aliphatic carbocycles. The molecule has 19 heavy (non-hydrogen) atoms. The molecule has 0 aromatic heterocycles. The van der Waals surface area contributed by atoms with Crippen LogP contribution in [0, 0.1) is 12.8 Å². The smallest absolute Gasteiger partial charge is 0.0453 e. The van der Waals surface area contributed by atoms with Crippen LogP contribution in [-0.4, -0.2) is 31.6 Å². The molecule has 1 saturated heterocycles. The van der Waals surface area contributed by atoms with Crippen molar-refractivity contribution in [1.82, 2.24) is 10.2 Å². The fraction of sp³-hybridized carbons (Fsp3) is 0.625. The number of halogens is 1. The van der Waals surface area contributed by atoms with Gasteiger partial charge in [-0.25, -0.2) is 0 Å². The highest BCUT2D eigenvalue weighted by atomic mass is 35.5. The minimum atomic E-state index is 0.881. The fourth-order valence-corrected chi connectivity index (χ4v) is 2.98. The average Bonchev–Trinajstić information content (AvgIpc) is 2.39. The summed E-state index contributed by atoms with van der Waals surface area (Å²) in [6, 6.07) is 6.29. The van der Waals surface area contributed by atoms with Crippen molar-refractivity contribution in [3.63, 3.8) is 0 Å². The number of rotatable bonds is 5. The maximum Gasteiger partial charge on any atom is 0.0453 e. The van der Waals surface area contributed by atoms with Gasteiger partial charge in [0.05, 0.1) is 0 Å². The summed E-state index contributed by atoms with van der Waals surface area (Å²) in [6.07, 6.45) is 3.99. The predicted octanol–water partition coefficient (Wildman–Crippen LogP) is 3.47. The number of piperidine rings is 1. The van der Waals surface area contributed by atoms with E-state index in [1.165, 1.54) is 43.5 Å². The van der Waals surface area contributed by atoms with Crippen molar-refractivity contribution in [2.45, 2.75) is 32.7 Å². The largest absolute Gasteiger partial charge is 0.313 e. The highest BCUT2D eigenvalue weighted by Gasteiger charge is 2.15. The van der Waals surface area contributed by atoms with Crippen LogP contribution in [0.2, 0.25) is 5.02 Å². The van der Waals surface area contributed by atoms with Crippen LogP contribution in [0.1, 0.15) is 30.4 Å². The molecule has 0 unspecified atom stereocenters. The fourth-order valence-electron chi connectivity index (χ4n) is 2.68. The van der Waals surface area contributed by atoms with Gasteiger partial charge in [-0.15, -0.1) is 0 Å². The lowest BCUT2D eigenvalue weighted by atomic mass is 9.94. The molecule has 1 N–H and O–H groups in total. The quantitative estimate of drug-likeness (QED) is 0.831. The lowest BCUT2D eigenvalue weighted by molar-refractivity contribution is 0.211. The molecule has 1 aliphatic rings. The van der Waals surface area contributed by atoms with E-state index in [1.807, 2.05) is 6.07 Å². The minimum absolute atomic E-state index is 0.881. The van der Waals surface area contributed by atoms with E-state index in [0.29, 0.717) is 0 Å². The molecular weight excluding hydrogens is 256 g/mol. The first-order valence-corrected chi connectivity index (χ1v) is 7.67. The molecule has 1 aromatic rings. The number of hydrogen-bond donors (Lipinski definition) is 1. The van der Waals surface area contributed by atoms with Crippen molar-refractivity contribution >= 4 is 11.6 Å². The molecule has 2 rings (SSSR count). The Morgan fingerprint density at radius 2 is 2.05 bits per heavy atom. The Bertz CT molecular complexity index is 398. The van der Waals surface area contributed by atoms with E-state index in [9.17, 15) is 0 Å². The van der Waals surface area contributed by atoms with Crippen LogP contribution in [0.3, 0.4) is 0 Å². The van der Waals surface area contributed by atoms with Crippen LogP contribution in [0.15, 0.2) is 18.2 Å².